The molecule has 0 aromatic heterocycles. The molecule has 2 rings (SSSR count). The van der Waals surface area contributed by atoms with Gasteiger partial charge in [0.1, 0.15) is 12.4 Å². The van der Waals surface area contributed by atoms with Crippen LogP contribution in [0.5, 0.6) is 5.75 Å². The van der Waals surface area contributed by atoms with E-state index in [4.69, 9.17) is 4.74 Å². The highest BCUT2D eigenvalue weighted by Crippen LogP contribution is 2.23. The van der Waals surface area contributed by atoms with E-state index in [1.165, 1.54) is 72.5 Å². The second kappa shape index (κ2) is 14.8. The molecule has 1 N–H and O–H groups in total. The second-order valence-electron chi connectivity index (χ2n) is 7.97. The molecule has 0 spiro atoms. The Morgan fingerprint density at radius 3 is 1.76 bits per heavy atom. The third kappa shape index (κ3) is 10.5. The van der Waals surface area contributed by atoms with Gasteiger partial charge in [-0.2, -0.15) is 0 Å². The van der Waals surface area contributed by atoms with Gasteiger partial charge in [-0.05, 0) is 64.4 Å². The topological polar surface area (TPSA) is 29.5 Å². The molecule has 2 nitrogen and oxygen atoms in total. The number of hydrogen-bond acceptors (Lipinski definition) is 2. The predicted molar refractivity (Wildman–Crippen MR) is 133 cm³/mol. The average molecular weight is 508 g/mol. The molecule has 0 aliphatic carbocycles. The van der Waals surface area contributed by atoms with E-state index in [1.807, 2.05) is 12.1 Å². The van der Waals surface area contributed by atoms with Crippen molar-refractivity contribution in [1.82, 2.24) is 0 Å². The first kappa shape index (κ1) is 24.2. The van der Waals surface area contributed by atoms with Crippen LogP contribution in [0.3, 0.4) is 0 Å². The zero-order valence-corrected chi connectivity index (χ0v) is 20.1. The first-order valence-electron chi connectivity index (χ1n) is 11.4. The van der Waals surface area contributed by atoms with Gasteiger partial charge in [-0.25, -0.2) is 0 Å². The number of aliphatic hydroxyl groups is 1. The molecule has 1 unspecified atom stereocenters. The predicted octanol–water partition coefficient (Wildman–Crippen LogP) is 8.01. The second-order valence-corrected chi connectivity index (χ2v) is 9.21. The van der Waals surface area contributed by atoms with Crippen LogP contribution in [0, 0.1) is 3.57 Å². The first-order chi connectivity index (χ1) is 14.2. The van der Waals surface area contributed by atoms with E-state index in [0.29, 0.717) is 6.61 Å². The lowest BCUT2D eigenvalue weighted by Crippen LogP contribution is -2.17. The molecule has 0 fully saturated rings. The highest BCUT2D eigenvalue weighted by molar-refractivity contribution is 14.1. The molecule has 2 aromatic carbocycles. The van der Waals surface area contributed by atoms with Crippen LogP contribution in [0.1, 0.15) is 77.6 Å². The lowest BCUT2D eigenvalue weighted by Gasteiger charge is -2.13. The molecule has 160 valence electrons. The van der Waals surface area contributed by atoms with Crippen molar-refractivity contribution in [3.8, 4) is 16.9 Å². The molecule has 3 heteroatoms. The lowest BCUT2D eigenvalue weighted by molar-refractivity contribution is 0.0975. The fourth-order valence-corrected chi connectivity index (χ4v) is 3.89. The molecule has 0 radical (unpaired) electrons. The van der Waals surface area contributed by atoms with Crippen LogP contribution in [0.15, 0.2) is 48.5 Å². The summed E-state index contributed by atoms with van der Waals surface area (Å²) in [6.07, 6.45) is 13.7. The minimum absolute atomic E-state index is 0.375. The van der Waals surface area contributed by atoms with Gasteiger partial charge in [0.15, 0.2) is 0 Å². The molecule has 0 heterocycles. The summed E-state index contributed by atoms with van der Waals surface area (Å²) < 4.78 is 7.01. The maximum Gasteiger partial charge on any atom is 0.119 e. The van der Waals surface area contributed by atoms with E-state index in [1.54, 1.807) is 0 Å². The minimum Gasteiger partial charge on any atom is -0.491 e. The van der Waals surface area contributed by atoms with Gasteiger partial charge in [0.25, 0.3) is 0 Å². The molecule has 1 atom stereocenters. The molecule has 0 saturated carbocycles. The monoisotopic (exact) mass is 508 g/mol. The molecular weight excluding hydrogens is 471 g/mol. The number of halogens is 1. The number of unbranched alkanes of at least 4 members (excludes halogenated alkanes) is 9. The van der Waals surface area contributed by atoms with Crippen LogP contribution >= 0.6 is 22.6 Å². The zero-order valence-electron chi connectivity index (χ0n) is 17.9. The van der Waals surface area contributed by atoms with Crippen LogP contribution in [0.25, 0.3) is 11.1 Å². The highest BCUT2D eigenvalue weighted by Gasteiger charge is 2.06. The number of aliphatic hydroxyl groups excluding tert-OH is 1. The maximum absolute atomic E-state index is 10.2. The van der Waals surface area contributed by atoms with Crippen molar-refractivity contribution in [2.75, 3.05) is 6.61 Å². The van der Waals surface area contributed by atoms with Crippen molar-refractivity contribution in [2.45, 2.75) is 83.7 Å². The number of benzene rings is 2. The molecule has 0 aliphatic rings. The Labute approximate surface area is 191 Å². The summed E-state index contributed by atoms with van der Waals surface area (Å²) in [4.78, 5) is 0. The lowest BCUT2D eigenvalue weighted by atomic mass is 10.0. The molecule has 29 heavy (non-hydrogen) atoms. The number of hydrogen-bond donors (Lipinski definition) is 1. The molecule has 0 aliphatic heterocycles. The Balaban J connectivity index is 1.54. The van der Waals surface area contributed by atoms with E-state index in [2.05, 4.69) is 65.9 Å². The van der Waals surface area contributed by atoms with Crippen LogP contribution < -0.4 is 4.74 Å². The van der Waals surface area contributed by atoms with Crippen LogP contribution in [0.2, 0.25) is 0 Å². The van der Waals surface area contributed by atoms with Crippen molar-refractivity contribution in [3.05, 3.63) is 52.1 Å². The summed E-state index contributed by atoms with van der Waals surface area (Å²) in [5, 5.41) is 10.2. The summed E-state index contributed by atoms with van der Waals surface area (Å²) >= 11 is 2.32. The number of ether oxygens (including phenoxy) is 1. The summed E-state index contributed by atoms with van der Waals surface area (Å²) in [7, 11) is 0. The summed E-state index contributed by atoms with van der Waals surface area (Å²) in [6.45, 7) is 2.64. The van der Waals surface area contributed by atoms with E-state index in [-0.39, 0.29) is 6.10 Å². The summed E-state index contributed by atoms with van der Waals surface area (Å²) in [6, 6.07) is 16.6. The number of rotatable bonds is 15. The van der Waals surface area contributed by atoms with Gasteiger partial charge in [-0.1, -0.05) is 95.4 Å². The van der Waals surface area contributed by atoms with E-state index < -0.39 is 0 Å². The Morgan fingerprint density at radius 2 is 1.21 bits per heavy atom. The van der Waals surface area contributed by atoms with Gasteiger partial charge in [0.2, 0.25) is 0 Å². The zero-order chi connectivity index (χ0) is 20.7. The van der Waals surface area contributed by atoms with Gasteiger partial charge >= 0.3 is 0 Å². The van der Waals surface area contributed by atoms with E-state index in [0.717, 1.165) is 18.6 Å². The van der Waals surface area contributed by atoms with Crippen molar-refractivity contribution in [2.24, 2.45) is 0 Å². The minimum atomic E-state index is -0.375. The third-order valence-electron chi connectivity index (χ3n) is 5.37. The van der Waals surface area contributed by atoms with Crippen molar-refractivity contribution in [1.29, 1.82) is 0 Å². The SMILES string of the molecule is CCCCCCCCCCCCC(O)COc1ccc(-c2ccc(I)cc2)cc1. The van der Waals surface area contributed by atoms with Gasteiger partial charge < -0.3 is 9.84 Å². The smallest absolute Gasteiger partial charge is 0.119 e. The Morgan fingerprint density at radius 1 is 0.724 bits per heavy atom. The van der Waals surface area contributed by atoms with E-state index in [9.17, 15) is 5.11 Å². The van der Waals surface area contributed by atoms with Gasteiger partial charge in [-0.3, -0.25) is 0 Å². The molecule has 0 saturated heterocycles. The van der Waals surface area contributed by atoms with Crippen LogP contribution in [-0.2, 0) is 0 Å². The first-order valence-corrected chi connectivity index (χ1v) is 12.4. The third-order valence-corrected chi connectivity index (χ3v) is 6.08. The maximum atomic E-state index is 10.2. The highest BCUT2D eigenvalue weighted by atomic mass is 127. The summed E-state index contributed by atoms with van der Waals surface area (Å²) in [5.41, 5.74) is 2.39. The normalized spacial score (nSPS) is 12.1. The Kier molecular flexibility index (Phi) is 12.4. The standard InChI is InChI=1S/C26H37IO2/c1-2-3-4-5-6-7-8-9-10-11-12-25(28)21-29-26-19-15-23(16-20-26)22-13-17-24(27)18-14-22/h13-20,25,28H,2-12,21H2,1H3. The van der Waals surface area contributed by atoms with Crippen LogP contribution in [-0.4, -0.2) is 17.8 Å². The van der Waals surface area contributed by atoms with Crippen LogP contribution in [0.4, 0.5) is 0 Å². The largest absolute Gasteiger partial charge is 0.491 e. The quantitative estimate of drug-likeness (QED) is 0.195. The van der Waals surface area contributed by atoms with Crippen molar-refractivity contribution >= 4 is 22.6 Å². The van der Waals surface area contributed by atoms with Gasteiger partial charge in [0, 0.05) is 3.57 Å². The average Bonchev–Trinajstić information content (AvgIpc) is 2.74. The molecular formula is C26H37IO2. The molecule has 0 amide bonds. The molecule has 2 aromatic rings. The fraction of sp³-hybridized carbons (Fsp3) is 0.538. The van der Waals surface area contributed by atoms with Crippen molar-refractivity contribution in [3.63, 3.8) is 0 Å². The Hall–Kier alpha value is -1.07. The van der Waals surface area contributed by atoms with Gasteiger partial charge in [0.05, 0.1) is 6.10 Å². The summed E-state index contributed by atoms with van der Waals surface area (Å²) in [5.74, 6) is 0.821. The molecule has 0 bridgehead atoms. The van der Waals surface area contributed by atoms with Crippen molar-refractivity contribution < 1.29 is 9.84 Å². The van der Waals surface area contributed by atoms with E-state index >= 15 is 0 Å². The Bertz CT molecular complexity index is 651. The van der Waals surface area contributed by atoms with Gasteiger partial charge in [-0.15, -0.1) is 0 Å². The fourth-order valence-electron chi connectivity index (χ4n) is 3.53.